The maximum Gasteiger partial charge on any atom is 0.218 e. The molecule has 1 fully saturated rings. The van der Waals surface area contributed by atoms with E-state index in [4.69, 9.17) is 9.84 Å². The second-order valence-electron chi connectivity index (χ2n) is 3.86. The molecule has 1 aromatic heterocycles. The molecule has 5 nitrogen and oxygen atoms in total. The van der Waals surface area contributed by atoms with Crippen molar-refractivity contribution in [2.75, 3.05) is 24.6 Å². The summed E-state index contributed by atoms with van der Waals surface area (Å²) in [7, 11) is 0. The lowest BCUT2D eigenvalue weighted by molar-refractivity contribution is -0.0423. The molecule has 6 heteroatoms. The lowest BCUT2D eigenvalue weighted by atomic mass is 10.2. The molecule has 2 heterocycles. The van der Waals surface area contributed by atoms with Crippen LogP contribution >= 0.6 is 0 Å². The first-order valence-electron chi connectivity index (χ1n) is 5.18. The zero-order valence-corrected chi connectivity index (χ0v) is 9.01. The van der Waals surface area contributed by atoms with E-state index in [9.17, 15) is 4.39 Å². The summed E-state index contributed by atoms with van der Waals surface area (Å²) in [6.45, 7) is 3.00. The number of ether oxygens (including phenoxy) is 1. The Kier molecular flexibility index (Phi) is 3.31. The lowest BCUT2D eigenvalue weighted by Gasteiger charge is -2.36. The molecule has 16 heavy (non-hydrogen) atoms. The van der Waals surface area contributed by atoms with Gasteiger partial charge in [0.25, 0.3) is 0 Å². The van der Waals surface area contributed by atoms with Crippen LogP contribution in [0.25, 0.3) is 0 Å². The fourth-order valence-electron chi connectivity index (χ4n) is 1.83. The molecular formula is C10H14FN3O2. The number of aliphatic hydroxyl groups is 1. The van der Waals surface area contributed by atoms with Crippen LogP contribution in [-0.4, -0.2) is 47.0 Å². The Labute approximate surface area is 92.9 Å². The topological polar surface area (TPSA) is 58.5 Å². The molecule has 1 aliphatic heterocycles. The van der Waals surface area contributed by atoms with Gasteiger partial charge in [0, 0.05) is 19.2 Å². The summed E-state index contributed by atoms with van der Waals surface area (Å²) >= 11 is 0. The Hall–Kier alpha value is -1.27. The highest BCUT2D eigenvalue weighted by Gasteiger charge is 2.25. The Balaban J connectivity index is 2.14. The zero-order valence-electron chi connectivity index (χ0n) is 9.01. The molecule has 2 atom stereocenters. The van der Waals surface area contributed by atoms with E-state index in [1.54, 1.807) is 0 Å². The molecule has 0 spiro atoms. The number of hydrogen-bond donors (Lipinski definition) is 1. The number of nitrogens with zero attached hydrogens (tertiary/aromatic N) is 3. The Morgan fingerprint density at radius 3 is 3.06 bits per heavy atom. The molecule has 0 amide bonds. The van der Waals surface area contributed by atoms with Gasteiger partial charge in [0.1, 0.15) is 12.1 Å². The minimum atomic E-state index is -0.551. The van der Waals surface area contributed by atoms with Gasteiger partial charge in [-0.15, -0.1) is 0 Å². The van der Waals surface area contributed by atoms with Gasteiger partial charge in [-0.3, -0.25) is 0 Å². The number of morpholine rings is 1. The average molecular weight is 227 g/mol. The van der Waals surface area contributed by atoms with Gasteiger partial charge < -0.3 is 14.7 Å². The molecule has 88 valence electrons. The van der Waals surface area contributed by atoms with Crippen molar-refractivity contribution in [2.45, 2.75) is 19.1 Å². The third-order valence-electron chi connectivity index (χ3n) is 2.47. The van der Waals surface area contributed by atoms with Crippen LogP contribution in [0.3, 0.4) is 0 Å². The molecule has 1 N–H and O–H groups in total. The molecule has 2 rings (SSSR count). The predicted octanol–water partition coefficient (Wildman–Crippen LogP) is 0.202. The number of anilines is 1. The van der Waals surface area contributed by atoms with Crippen molar-refractivity contribution in [3.8, 4) is 0 Å². The average Bonchev–Trinajstić information content (AvgIpc) is 2.28. The molecule has 0 aromatic carbocycles. The third-order valence-corrected chi connectivity index (χ3v) is 2.47. The predicted molar refractivity (Wildman–Crippen MR) is 55.6 cm³/mol. The van der Waals surface area contributed by atoms with Crippen molar-refractivity contribution in [3.63, 3.8) is 0 Å². The van der Waals surface area contributed by atoms with Gasteiger partial charge in [-0.05, 0) is 6.92 Å². The van der Waals surface area contributed by atoms with Crippen LogP contribution < -0.4 is 4.90 Å². The smallest absolute Gasteiger partial charge is 0.218 e. The van der Waals surface area contributed by atoms with Crippen molar-refractivity contribution >= 4 is 5.82 Å². The molecule has 2 unspecified atom stereocenters. The maximum atomic E-state index is 12.9. The quantitative estimate of drug-likeness (QED) is 0.731. The number of hydrogen-bond acceptors (Lipinski definition) is 5. The molecule has 0 bridgehead atoms. The highest BCUT2D eigenvalue weighted by atomic mass is 19.1. The van der Waals surface area contributed by atoms with E-state index in [1.165, 1.54) is 12.4 Å². The summed E-state index contributed by atoms with van der Waals surface area (Å²) in [5.74, 6) is -0.0224. The Bertz CT molecular complexity index is 364. The summed E-state index contributed by atoms with van der Waals surface area (Å²) in [5, 5.41) is 9.07. The number of aliphatic hydroxyl groups excluding tert-OH is 1. The Morgan fingerprint density at radius 1 is 1.56 bits per heavy atom. The van der Waals surface area contributed by atoms with Gasteiger partial charge in [0.2, 0.25) is 5.95 Å². The molecular weight excluding hydrogens is 213 g/mol. The second kappa shape index (κ2) is 4.71. The van der Waals surface area contributed by atoms with Crippen molar-refractivity contribution in [1.82, 2.24) is 9.97 Å². The van der Waals surface area contributed by atoms with Gasteiger partial charge in [-0.2, -0.15) is 4.39 Å². The highest BCUT2D eigenvalue weighted by molar-refractivity contribution is 5.37. The second-order valence-corrected chi connectivity index (χ2v) is 3.86. The van der Waals surface area contributed by atoms with Gasteiger partial charge >= 0.3 is 0 Å². The largest absolute Gasteiger partial charge is 0.394 e. The monoisotopic (exact) mass is 227 g/mol. The molecule has 0 saturated carbocycles. The standard InChI is InChI=1S/C10H14FN3O2/c1-7-3-14(4-8(5-15)16-7)10-2-9(11)12-6-13-10/h2,6-8,15H,3-5H2,1H3. The van der Waals surface area contributed by atoms with Crippen molar-refractivity contribution < 1.29 is 14.2 Å². The van der Waals surface area contributed by atoms with Gasteiger partial charge in [0.15, 0.2) is 0 Å². The van der Waals surface area contributed by atoms with Crippen molar-refractivity contribution in [2.24, 2.45) is 0 Å². The van der Waals surface area contributed by atoms with Crippen LogP contribution in [0.4, 0.5) is 10.2 Å². The zero-order chi connectivity index (χ0) is 11.5. The van der Waals surface area contributed by atoms with E-state index in [-0.39, 0.29) is 18.8 Å². The van der Waals surface area contributed by atoms with Crippen LogP contribution in [0.15, 0.2) is 12.4 Å². The first kappa shape index (κ1) is 11.2. The van der Waals surface area contributed by atoms with Crippen LogP contribution in [-0.2, 0) is 4.74 Å². The van der Waals surface area contributed by atoms with E-state index < -0.39 is 5.95 Å². The normalized spacial score (nSPS) is 25.8. The van der Waals surface area contributed by atoms with Crippen molar-refractivity contribution in [3.05, 3.63) is 18.3 Å². The first-order valence-corrected chi connectivity index (χ1v) is 5.18. The van der Waals surface area contributed by atoms with Crippen LogP contribution in [0, 0.1) is 5.95 Å². The molecule has 0 radical (unpaired) electrons. The third kappa shape index (κ3) is 2.45. The molecule has 1 saturated heterocycles. The number of rotatable bonds is 2. The van der Waals surface area contributed by atoms with Crippen LogP contribution in [0.5, 0.6) is 0 Å². The maximum absolute atomic E-state index is 12.9. The van der Waals surface area contributed by atoms with Gasteiger partial charge in [-0.1, -0.05) is 0 Å². The number of aromatic nitrogens is 2. The molecule has 0 aliphatic carbocycles. The summed E-state index contributed by atoms with van der Waals surface area (Å²) in [4.78, 5) is 9.30. The van der Waals surface area contributed by atoms with Crippen LogP contribution in [0.2, 0.25) is 0 Å². The SMILES string of the molecule is CC1CN(c2cc(F)ncn2)CC(CO)O1. The lowest BCUT2D eigenvalue weighted by Crippen LogP contribution is -2.48. The fraction of sp³-hybridized carbons (Fsp3) is 0.600. The summed E-state index contributed by atoms with van der Waals surface area (Å²) in [5.41, 5.74) is 0. The van der Waals surface area contributed by atoms with E-state index in [1.807, 2.05) is 11.8 Å². The van der Waals surface area contributed by atoms with Crippen molar-refractivity contribution in [1.29, 1.82) is 0 Å². The van der Waals surface area contributed by atoms with E-state index >= 15 is 0 Å². The summed E-state index contributed by atoms with van der Waals surface area (Å²) < 4.78 is 18.4. The molecule has 1 aromatic rings. The van der Waals surface area contributed by atoms with Gasteiger partial charge in [-0.25, -0.2) is 9.97 Å². The highest BCUT2D eigenvalue weighted by Crippen LogP contribution is 2.17. The van der Waals surface area contributed by atoms with Crippen LogP contribution in [0.1, 0.15) is 6.92 Å². The van der Waals surface area contributed by atoms with E-state index in [2.05, 4.69) is 9.97 Å². The first-order chi connectivity index (χ1) is 7.69. The molecule has 1 aliphatic rings. The fourth-order valence-corrected chi connectivity index (χ4v) is 1.83. The van der Waals surface area contributed by atoms with Gasteiger partial charge in [0.05, 0.1) is 18.8 Å². The minimum Gasteiger partial charge on any atom is -0.394 e. The minimum absolute atomic E-state index is 0.0103. The summed E-state index contributed by atoms with van der Waals surface area (Å²) in [6.07, 6.45) is 0.935. The summed E-state index contributed by atoms with van der Waals surface area (Å²) in [6, 6.07) is 1.28. The van der Waals surface area contributed by atoms with E-state index in [0.717, 1.165) is 0 Å². The number of halogens is 1. The van der Waals surface area contributed by atoms with E-state index in [0.29, 0.717) is 18.9 Å². The Morgan fingerprint density at radius 2 is 2.38 bits per heavy atom.